The predicted molar refractivity (Wildman–Crippen MR) is 59.1 cm³/mol. The first kappa shape index (κ1) is 9.16. The Balaban J connectivity index is 2.53. The molecule has 14 heavy (non-hydrogen) atoms. The summed E-state index contributed by atoms with van der Waals surface area (Å²) in [6.45, 7) is 0.939. The minimum atomic E-state index is 0.939. The number of nitrogens with zero attached hydrogens (tertiary/aromatic N) is 2. The van der Waals surface area contributed by atoms with Crippen molar-refractivity contribution in [2.24, 2.45) is 0 Å². The highest BCUT2D eigenvalue weighted by Crippen LogP contribution is 2.16. The number of aromatic nitrogens is 1. The number of para-hydroxylation sites is 1. The lowest BCUT2D eigenvalue weighted by Crippen LogP contribution is -2.11. The lowest BCUT2D eigenvalue weighted by atomic mass is 10.1. The summed E-state index contributed by atoms with van der Waals surface area (Å²) in [6, 6.07) is 10.4. The molecular formula is C12H14N2. The van der Waals surface area contributed by atoms with Gasteiger partial charge in [0, 0.05) is 18.1 Å². The summed E-state index contributed by atoms with van der Waals surface area (Å²) < 4.78 is 0. The molecular weight excluding hydrogens is 172 g/mol. The SMILES string of the molecule is CN(C)Cc1cccc2cccnc12. The maximum absolute atomic E-state index is 4.41. The van der Waals surface area contributed by atoms with E-state index in [9.17, 15) is 0 Å². The molecule has 0 aliphatic rings. The zero-order chi connectivity index (χ0) is 9.97. The van der Waals surface area contributed by atoms with E-state index in [0.29, 0.717) is 0 Å². The van der Waals surface area contributed by atoms with Crippen LogP contribution in [0.25, 0.3) is 10.9 Å². The molecule has 0 unspecified atom stereocenters. The molecule has 0 aliphatic heterocycles. The fourth-order valence-electron chi connectivity index (χ4n) is 1.64. The van der Waals surface area contributed by atoms with Crippen molar-refractivity contribution >= 4 is 10.9 Å². The Morgan fingerprint density at radius 1 is 1.14 bits per heavy atom. The third kappa shape index (κ3) is 1.75. The largest absolute Gasteiger partial charge is 0.305 e. The molecule has 0 spiro atoms. The van der Waals surface area contributed by atoms with Crippen molar-refractivity contribution in [3.63, 3.8) is 0 Å². The molecule has 2 heteroatoms. The van der Waals surface area contributed by atoms with Gasteiger partial charge in [-0.3, -0.25) is 4.98 Å². The van der Waals surface area contributed by atoms with Crippen LogP contribution in [-0.4, -0.2) is 24.0 Å². The number of benzene rings is 1. The average molecular weight is 186 g/mol. The number of hydrogen-bond donors (Lipinski definition) is 0. The topological polar surface area (TPSA) is 16.1 Å². The molecule has 0 amide bonds. The minimum absolute atomic E-state index is 0.939. The van der Waals surface area contributed by atoms with E-state index < -0.39 is 0 Å². The molecule has 2 rings (SSSR count). The fourth-order valence-corrected chi connectivity index (χ4v) is 1.64. The Bertz CT molecular complexity index is 430. The van der Waals surface area contributed by atoms with Crippen molar-refractivity contribution in [2.45, 2.75) is 6.54 Å². The summed E-state index contributed by atoms with van der Waals surface area (Å²) in [6.07, 6.45) is 1.85. The first-order valence-electron chi connectivity index (χ1n) is 4.75. The number of pyridine rings is 1. The van der Waals surface area contributed by atoms with E-state index in [1.807, 2.05) is 12.3 Å². The summed E-state index contributed by atoms with van der Waals surface area (Å²) in [5.74, 6) is 0. The van der Waals surface area contributed by atoms with E-state index in [1.54, 1.807) is 0 Å². The van der Waals surface area contributed by atoms with Gasteiger partial charge in [-0.15, -0.1) is 0 Å². The fraction of sp³-hybridized carbons (Fsp3) is 0.250. The Morgan fingerprint density at radius 3 is 2.71 bits per heavy atom. The standard InChI is InChI=1S/C12H14N2/c1-14(2)9-11-6-3-5-10-7-4-8-13-12(10)11/h3-8H,9H2,1-2H3. The van der Waals surface area contributed by atoms with E-state index in [4.69, 9.17) is 0 Å². The average Bonchev–Trinajstić information content (AvgIpc) is 2.18. The highest BCUT2D eigenvalue weighted by Gasteiger charge is 2.01. The molecule has 0 atom stereocenters. The van der Waals surface area contributed by atoms with E-state index in [2.05, 4.69) is 48.2 Å². The van der Waals surface area contributed by atoms with Crippen LogP contribution >= 0.6 is 0 Å². The van der Waals surface area contributed by atoms with Gasteiger partial charge in [-0.1, -0.05) is 24.3 Å². The summed E-state index contributed by atoms with van der Waals surface area (Å²) in [5.41, 5.74) is 2.40. The lowest BCUT2D eigenvalue weighted by Gasteiger charge is -2.11. The van der Waals surface area contributed by atoms with Crippen LogP contribution in [0.1, 0.15) is 5.56 Å². The molecule has 0 saturated heterocycles. The number of fused-ring (bicyclic) bond motifs is 1. The van der Waals surface area contributed by atoms with Crippen LogP contribution in [0.15, 0.2) is 36.5 Å². The van der Waals surface area contributed by atoms with Gasteiger partial charge >= 0.3 is 0 Å². The molecule has 1 aromatic carbocycles. The number of hydrogen-bond acceptors (Lipinski definition) is 2. The van der Waals surface area contributed by atoms with Crippen LogP contribution in [-0.2, 0) is 6.54 Å². The highest BCUT2D eigenvalue weighted by molar-refractivity contribution is 5.81. The molecule has 0 bridgehead atoms. The molecule has 72 valence electrons. The van der Waals surface area contributed by atoms with Crippen LogP contribution in [0.3, 0.4) is 0 Å². The summed E-state index contributed by atoms with van der Waals surface area (Å²) >= 11 is 0. The summed E-state index contributed by atoms with van der Waals surface area (Å²) in [5, 5.41) is 1.21. The quantitative estimate of drug-likeness (QED) is 0.715. The van der Waals surface area contributed by atoms with Crippen molar-refractivity contribution in [1.82, 2.24) is 9.88 Å². The van der Waals surface area contributed by atoms with Crippen molar-refractivity contribution in [2.75, 3.05) is 14.1 Å². The predicted octanol–water partition coefficient (Wildman–Crippen LogP) is 2.30. The Morgan fingerprint density at radius 2 is 1.93 bits per heavy atom. The van der Waals surface area contributed by atoms with Gasteiger partial charge in [0.15, 0.2) is 0 Å². The Kier molecular flexibility index (Phi) is 2.46. The molecule has 0 radical (unpaired) electrons. The maximum Gasteiger partial charge on any atom is 0.0746 e. The number of rotatable bonds is 2. The molecule has 0 fully saturated rings. The second kappa shape index (κ2) is 3.76. The van der Waals surface area contributed by atoms with Crippen molar-refractivity contribution < 1.29 is 0 Å². The van der Waals surface area contributed by atoms with E-state index in [-0.39, 0.29) is 0 Å². The van der Waals surface area contributed by atoms with Crippen LogP contribution in [0.5, 0.6) is 0 Å². The van der Waals surface area contributed by atoms with Crippen molar-refractivity contribution in [1.29, 1.82) is 0 Å². The monoisotopic (exact) mass is 186 g/mol. The maximum atomic E-state index is 4.41. The molecule has 0 aliphatic carbocycles. The summed E-state index contributed by atoms with van der Waals surface area (Å²) in [4.78, 5) is 6.56. The molecule has 2 nitrogen and oxygen atoms in total. The lowest BCUT2D eigenvalue weighted by molar-refractivity contribution is 0.404. The first-order chi connectivity index (χ1) is 6.77. The van der Waals surface area contributed by atoms with Gasteiger partial charge in [0.1, 0.15) is 0 Å². The van der Waals surface area contributed by atoms with Gasteiger partial charge in [0.25, 0.3) is 0 Å². The van der Waals surface area contributed by atoms with Crippen LogP contribution in [0.4, 0.5) is 0 Å². The zero-order valence-electron chi connectivity index (χ0n) is 8.57. The third-order valence-electron chi connectivity index (χ3n) is 2.20. The van der Waals surface area contributed by atoms with Crippen LogP contribution in [0, 0.1) is 0 Å². The van der Waals surface area contributed by atoms with Gasteiger partial charge in [0.05, 0.1) is 5.52 Å². The Hall–Kier alpha value is -1.41. The van der Waals surface area contributed by atoms with E-state index >= 15 is 0 Å². The summed E-state index contributed by atoms with van der Waals surface area (Å²) in [7, 11) is 4.14. The Labute approximate surface area is 84.2 Å². The smallest absolute Gasteiger partial charge is 0.0746 e. The van der Waals surface area contributed by atoms with Gasteiger partial charge in [0.2, 0.25) is 0 Å². The minimum Gasteiger partial charge on any atom is -0.305 e. The van der Waals surface area contributed by atoms with Crippen LogP contribution in [0.2, 0.25) is 0 Å². The molecule has 0 saturated carbocycles. The second-order valence-electron chi connectivity index (χ2n) is 3.73. The van der Waals surface area contributed by atoms with E-state index in [0.717, 1.165) is 12.1 Å². The van der Waals surface area contributed by atoms with Gasteiger partial charge in [-0.25, -0.2) is 0 Å². The van der Waals surface area contributed by atoms with Crippen molar-refractivity contribution in [3.05, 3.63) is 42.1 Å². The first-order valence-corrected chi connectivity index (χ1v) is 4.75. The highest BCUT2D eigenvalue weighted by atomic mass is 15.0. The third-order valence-corrected chi connectivity index (χ3v) is 2.20. The second-order valence-corrected chi connectivity index (χ2v) is 3.73. The zero-order valence-corrected chi connectivity index (χ0v) is 8.57. The van der Waals surface area contributed by atoms with Gasteiger partial charge in [-0.2, -0.15) is 0 Å². The molecule has 1 aromatic heterocycles. The molecule has 0 N–H and O–H groups in total. The van der Waals surface area contributed by atoms with Crippen LogP contribution < -0.4 is 0 Å². The molecule has 2 aromatic rings. The van der Waals surface area contributed by atoms with Gasteiger partial charge < -0.3 is 4.90 Å². The van der Waals surface area contributed by atoms with Crippen molar-refractivity contribution in [3.8, 4) is 0 Å². The van der Waals surface area contributed by atoms with Gasteiger partial charge in [-0.05, 0) is 25.7 Å². The normalized spacial score (nSPS) is 11.1. The van der Waals surface area contributed by atoms with E-state index in [1.165, 1.54) is 10.9 Å². The molecule has 1 heterocycles.